The van der Waals surface area contributed by atoms with E-state index in [0.29, 0.717) is 0 Å². The van der Waals surface area contributed by atoms with E-state index in [9.17, 15) is 0 Å². The Balaban J connectivity index is 1.35. The fourth-order valence-electron chi connectivity index (χ4n) is 14.7. The molecule has 0 unspecified atom stereocenters. The highest BCUT2D eigenvalue weighted by Crippen LogP contribution is 2.50. The van der Waals surface area contributed by atoms with Crippen molar-refractivity contribution in [3.05, 3.63) is 239 Å². The predicted molar refractivity (Wildman–Crippen MR) is 445 cm³/mol. The lowest BCUT2D eigenvalue weighted by atomic mass is 9.84. The minimum Gasteiger partial charge on any atom is -0.339 e. The number of aromatic nitrogens is 7. The second-order valence-electron chi connectivity index (χ2n) is 37.5. The first-order chi connectivity index (χ1) is 48.1. The molecule has 13 rings (SSSR count). The summed E-state index contributed by atoms with van der Waals surface area (Å²) < 4.78 is 0. The lowest BCUT2D eigenvalue weighted by Gasteiger charge is -2.20. The molecule has 0 radical (unpaired) electrons. The predicted octanol–water partition coefficient (Wildman–Crippen LogP) is 27.6. The molecule has 8 aromatic carbocycles. The number of fused-ring (bicyclic) bond motifs is 9. The molecule has 0 fully saturated rings. The number of nitrogens with one attached hydrogen (secondary N) is 7. The Morgan fingerprint density at radius 3 is 0.369 bits per heavy atom. The number of hydrogen-bond donors (Lipinski definition) is 7. The lowest BCUT2D eigenvalue weighted by molar-refractivity contribution is 0.590. The van der Waals surface area contributed by atoms with Crippen LogP contribution in [0.15, 0.2) is 194 Å². The van der Waals surface area contributed by atoms with Gasteiger partial charge in [-0.25, -0.2) is 0 Å². The molecule has 0 atom stereocenters. The van der Waals surface area contributed by atoms with Gasteiger partial charge in [-0.3, -0.25) is 0 Å². The first kappa shape index (κ1) is 71.7. The average Bonchev–Trinajstić information content (AvgIpc) is 1.57. The largest absolute Gasteiger partial charge is 0.339 e. The van der Waals surface area contributed by atoms with Crippen LogP contribution in [0.3, 0.4) is 0 Å². The zero-order valence-electron chi connectivity index (χ0n) is 66.0. The molecular weight excluding hydrogens is 1250 g/mol. The topological polar surface area (TPSA) is 111 Å². The Kier molecular flexibility index (Phi) is 17.8. The molecule has 0 aliphatic heterocycles. The molecule has 103 heavy (non-hydrogen) atoms. The van der Waals surface area contributed by atoms with Crippen LogP contribution in [0.25, 0.3) is 134 Å². The first-order valence-electron chi connectivity index (χ1n) is 37.3. The van der Waals surface area contributed by atoms with Gasteiger partial charge in [0.15, 0.2) is 0 Å². The van der Waals surface area contributed by atoms with Gasteiger partial charge in [0.25, 0.3) is 0 Å². The number of hydrogen-bond acceptors (Lipinski definition) is 0. The highest BCUT2D eigenvalue weighted by atomic mass is 15.0. The van der Waals surface area contributed by atoms with Gasteiger partial charge in [-0.1, -0.05) is 360 Å². The van der Waals surface area contributed by atoms with Gasteiger partial charge in [0.2, 0.25) is 0 Å². The molecule has 0 saturated heterocycles. The third-order valence-electron chi connectivity index (χ3n) is 21.3. The van der Waals surface area contributed by atoms with E-state index >= 15 is 0 Å². The molecule has 530 valence electrons. The van der Waals surface area contributed by atoms with E-state index in [1.165, 1.54) is 44.5 Å². The Labute approximate surface area is 613 Å². The van der Waals surface area contributed by atoms with Gasteiger partial charge in [-0.15, -0.1) is 0 Å². The van der Waals surface area contributed by atoms with Crippen LogP contribution < -0.4 is 0 Å². The molecule has 5 heterocycles. The molecule has 13 aromatic rings. The molecule has 5 aromatic heterocycles. The van der Waals surface area contributed by atoms with Gasteiger partial charge in [-0.05, 0) is 132 Å². The maximum absolute atomic E-state index is 4.33. The van der Waals surface area contributed by atoms with Crippen molar-refractivity contribution in [1.29, 1.82) is 0 Å². The van der Waals surface area contributed by atoms with Crippen molar-refractivity contribution in [2.75, 3.05) is 0 Å². The van der Waals surface area contributed by atoms with Gasteiger partial charge in [0, 0.05) is 44.5 Å². The van der Waals surface area contributed by atoms with Crippen LogP contribution in [0.2, 0.25) is 0 Å². The molecule has 8 bridgehead atoms. The van der Waals surface area contributed by atoms with Gasteiger partial charge in [0.05, 0.1) is 11.0 Å². The van der Waals surface area contributed by atoms with Crippen molar-refractivity contribution >= 4 is 44.9 Å². The van der Waals surface area contributed by atoms with Crippen LogP contribution in [-0.4, -0.2) is 34.9 Å². The van der Waals surface area contributed by atoms with Crippen molar-refractivity contribution in [3.8, 4) is 89.0 Å². The van der Waals surface area contributed by atoms with Gasteiger partial charge < -0.3 is 34.9 Å². The van der Waals surface area contributed by atoms with Crippen molar-refractivity contribution in [3.63, 3.8) is 0 Å². The Bertz CT molecular complexity index is 5050. The van der Waals surface area contributed by atoms with E-state index in [-0.39, 0.29) is 43.3 Å². The minimum atomic E-state index is -0.0841. The molecule has 0 amide bonds. The summed E-state index contributed by atoms with van der Waals surface area (Å²) in [7, 11) is 0. The number of H-pyrrole nitrogens is 7. The standard InChI is InChI=1S/C96H111N7/c1-89(2,3)65-41-25-57(26-42-65)73-75(59-29-45-67(46-30-59)91(7,8)9)83-97-81(73)82-74(58-27-43-66(44-28-58)90(4,5)6)76(60-31-47-68(48-32-60)92(10,11)12)84(98-82)100-86-78(62-35-51-70(52-36-62)94(16,17)18)80(64-39-55-72(56-40-64)96(22,23)24)88(102-86)103-87-79(63-37-53-71(54-38-63)95(19,20)21)77(85(99-83)101-87)61-33-49-69(50-34-61)93(13,14)15/h25-56,97-103H,1-24H3. The number of aromatic amines is 7. The summed E-state index contributed by atoms with van der Waals surface area (Å²) in [6.07, 6.45) is 0. The molecule has 0 spiro atoms. The summed E-state index contributed by atoms with van der Waals surface area (Å²) >= 11 is 0. The van der Waals surface area contributed by atoms with Gasteiger partial charge >= 0.3 is 0 Å². The van der Waals surface area contributed by atoms with Crippen LogP contribution >= 0.6 is 0 Å². The van der Waals surface area contributed by atoms with E-state index in [1.54, 1.807) is 0 Å². The van der Waals surface area contributed by atoms with Crippen LogP contribution in [0.1, 0.15) is 211 Å². The van der Waals surface area contributed by atoms with Gasteiger partial charge in [-0.2, -0.15) is 0 Å². The van der Waals surface area contributed by atoms with E-state index < -0.39 is 0 Å². The molecule has 7 heteroatoms. The van der Waals surface area contributed by atoms with E-state index in [2.05, 4.69) is 395 Å². The summed E-state index contributed by atoms with van der Waals surface area (Å²) in [6.45, 7) is 55.1. The summed E-state index contributed by atoms with van der Waals surface area (Å²) in [5, 5.41) is 0. The third-order valence-corrected chi connectivity index (χ3v) is 21.3. The Morgan fingerprint density at radius 1 is 0.136 bits per heavy atom. The van der Waals surface area contributed by atoms with E-state index in [0.717, 1.165) is 134 Å². The summed E-state index contributed by atoms with van der Waals surface area (Å²) in [4.78, 5) is 29.9. The van der Waals surface area contributed by atoms with Crippen molar-refractivity contribution in [2.24, 2.45) is 0 Å². The van der Waals surface area contributed by atoms with E-state index in [1.807, 2.05) is 0 Å². The van der Waals surface area contributed by atoms with Crippen LogP contribution in [0.4, 0.5) is 0 Å². The maximum Gasteiger partial charge on any atom is 0.119 e. The fourth-order valence-corrected chi connectivity index (χ4v) is 14.7. The lowest BCUT2D eigenvalue weighted by Crippen LogP contribution is -2.10. The normalized spacial score (nSPS) is 13.0. The van der Waals surface area contributed by atoms with Crippen LogP contribution in [0.5, 0.6) is 0 Å². The van der Waals surface area contributed by atoms with Crippen LogP contribution in [-0.2, 0) is 43.3 Å². The van der Waals surface area contributed by atoms with E-state index in [4.69, 9.17) is 0 Å². The molecule has 7 nitrogen and oxygen atoms in total. The summed E-state index contributed by atoms with van der Waals surface area (Å²) in [5.74, 6) is 0. The second-order valence-corrected chi connectivity index (χ2v) is 37.5. The molecule has 0 aliphatic rings. The Hall–Kier alpha value is -9.72. The van der Waals surface area contributed by atoms with Gasteiger partial charge in [0.1, 0.15) is 33.9 Å². The third kappa shape index (κ3) is 14.2. The van der Waals surface area contributed by atoms with Crippen molar-refractivity contribution in [2.45, 2.75) is 209 Å². The Morgan fingerprint density at radius 2 is 0.243 bits per heavy atom. The van der Waals surface area contributed by atoms with Crippen molar-refractivity contribution in [1.82, 2.24) is 34.9 Å². The maximum atomic E-state index is 4.33. The highest BCUT2D eigenvalue weighted by Gasteiger charge is 2.30. The fraction of sp³-hybridized carbons (Fsp3) is 0.333. The quantitative estimate of drug-likeness (QED) is 0.0787. The smallest absolute Gasteiger partial charge is 0.119 e. The summed E-state index contributed by atoms with van der Waals surface area (Å²) in [5.41, 5.74) is 33.3. The molecule has 0 aliphatic carbocycles. The van der Waals surface area contributed by atoms with Crippen LogP contribution in [0, 0.1) is 0 Å². The average molecular weight is 1360 g/mol. The highest BCUT2D eigenvalue weighted by molar-refractivity contribution is 6.15. The SMILES string of the molecule is CC(C)(C)c1ccc(-c2c(-c3ccc(C(C)(C)C)cc3)c3[nH]c2[nH]c2[nH]c([nH]c4[nH]c(c(-c5ccc(C(C)(C)C)cc5)c4-c4ccc(C(C)(C)C)cc4)c4[nH]c([nH]3)c(-c3ccc(C(C)(C)C)cc3)c4-c3ccc(C(C)(C)C)cc3)c(-c3ccc(C(C)(C)C)cc3)c2-c2ccc(C(C)(C)C)cc2)cc1. The summed E-state index contributed by atoms with van der Waals surface area (Å²) in [6, 6.07) is 74.5. The number of rotatable bonds is 8. The first-order valence-corrected chi connectivity index (χ1v) is 37.3. The monoisotopic (exact) mass is 1360 g/mol. The zero-order chi connectivity index (χ0) is 74.1. The molecule has 0 saturated carbocycles. The zero-order valence-corrected chi connectivity index (χ0v) is 66.0. The number of benzene rings is 8. The second kappa shape index (κ2) is 25.6. The minimum absolute atomic E-state index is 0.0735. The molecule has 7 N–H and O–H groups in total. The van der Waals surface area contributed by atoms with Crippen molar-refractivity contribution < 1.29 is 0 Å². The molecular formula is C96H111N7.